The van der Waals surface area contributed by atoms with E-state index in [9.17, 15) is 9.59 Å². The third-order valence-corrected chi connectivity index (χ3v) is 6.10. The molecule has 0 fully saturated rings. The smallest absolute Gasteiger partial charge is 0.257 e. The molecule has 9 nitrogen and oxygen atoms in total. The second-order valence-electron chi connectivity index (χ2n) is 9.17. The van der Waals surface area contributed by atoms with Crippen molar-refractivity contribution in [2.75, 3.05) is 19.4 Å². The standard InChI is InChI=1S/C29H27N7O2/c1-19-9-11-24(23-8-5-13-30-17-23)34-36(19)18-21-6-4-7-22(14-21)28(38)33-29-31-25-12-10-20(15-26(25)32-29)16-27(37)35(2)3/h4-15,17H,1,16,18H2,2-3H3,(H2,31,32,33,38). The van der Waals surface area contributed by atoms with E-state index >= 15 is 0 Å². The van der Waals surface area contributed by atoms with Gasteiger partial charge in [0.05, 0.1) is 35.4 Å². The van der Waals surface area contributed by atoms with Gasteiger partial charge in [0.1, 0.15) is 0 Å². The third kappa shape index (κ3) is 5.52. The minimum Gasteiger partial charge on any atom is -0.349 e. The van der Waals surface area contributed by atoms with Crippen LogP contribution in [0.2, 0.25) is 0 Å². The zero-order chi connectivity index (χ0) is 26.6. The van der Waals surface area contributed by atoms with Gasteiger partial charge in [0.15, 0.2) is 0 Å². The van der Waals surface area contributed by atoms with Crippen LogP contribution in [0.1, 0.15) is 27.0 Å². The molecular formula is C29H27N7O2. The highest BCUT2D eigenvalue weighted by molar-refractivity contribution is 6.09. The van der Waals surface area contributed by atoms with Crippen molar-refractivity contribution in [2.45, 2.75) is 13.0 Å². The van der Waals surface area contributed by atoms with E-state index in [1.807, 2.05) is 60.7 Å². The number of hydrogen-bond acceptors (Lipinski definition) is 6. The van der Waals surface area contributed by atoms with Gasteiger partial charge in [-0.15, -0.1) is 0 Å². The summed E-state index contributed by atoms with van der Waals surface area (Å²) < 4.78 is 0. The molecule has 0 aliphatic carbocycles. The Morgan fingerprint density at radius 2 is 1.92 bits per heavy atom. The maximum Gasteiger partial charge on any atom is 0.257 e. The topological polar surface area (TPSA) is 107 Å². The molecule has 0 spiro atoms. The summed E-state index contributed by atoms with van der Waals surface area (Å²) in [5, 5.41) is 9.35. The van der Waals surface area contributed by atoms with Crippen LogP contribution in [0, 0.1) is 0 Å². The number of benzene rings is 2. The molecule has 0 radical (unpaired) electrons. The molecule has 5 rings (SSSR count). The number of allylic oxidation sites excluding steroid dienone is 2. The zero-order valence-corrected chi connectivity index (χ0v) is 21.2. The molecule has 2 aromatic carbocycles. The molecule has 0 unspecified atom stereocenters. The number of imidazole rings is 1. The SMILES string of the molecule is C=C1C=CC(c2cccnc2)=NN1Cc1cccc(C(=O)Nc2nc3ccc(CC(=O)N(C)C)cc3[nH]2)c1. The molecule has 2 aromatic heterocycles. The molecule has 4 aromatic rings. The van der Waals surface area contributed by atoms with E-state index in [0.29, 0.717) is 30.0 Å². The van der Waals surface area contributed by atoms with Crippen LogP contribution in [0.4, 0.5) is 5.95 Å². The van der Waals surface area contributed by atoms with Crippen LogP contribution in [0.15, 0.2) is 96.5 Å². The number of aromatic nitrogens is 3. The second kappa shape index (κ2) is 10.5. The largest absolute Gasteiger partial charge is 0.349 e. The first-order valence-electron chi connectivity index (χ1n) is 12.1. The monoisotopic (exact) mass is 505 g/mol. The molecular weight excluding hydrogens is 478 g/mol. The Morgan fingerprint density at radius 1 is 1.05 bits per heavy atom. The lowest BCUT2D eigenvalue weighted by Gasteiger charge is -2.24. The predicted octanol–water partition coefficient (Wildman–Crippen LogP) is 4.13. The number of fused-ring (bicyclic) bond motifs is 1. The van der Waals surface area contributed by atoms with Crippen LogP contribution in [0.5, 0.6) is 0 Å². The van der Waals surface area contributed by atoms with Gasteiger partial charge in [0.25, 0.3) is 5.91 Å². The summed E-state index contributed by atoms with van der Waals surface area (Å²) in [4.78, 5) is 38.4. The summed E-state index contributed by atoms with van der Waals surface area (Å²) in [6.45, 7) is 4.54. The van der Waals surface area contributed by atoms with Gasteiger partial charge in [-0.3, -0.25) is 24.9 Å². The normalized spacial score (nSPS) is 12.9. The number of H-pyrrole nitrogens is 1. The Hall–Kier alpha value is -5.05. The minimum atomic E-state index is -0.286. The van der Waals surface area contributed by atoms with Crippen LogP contribution in [0.3, 0.4) is 0 Å². The first-order valence-corrected chi connectivity index (χ1v) is 12.1. The van der Waals surface area contributed by atoms with E-state index in [0.717, 1.165) is 33.6 Å². The maximum atomic E-state index is 13.0. The van der Waals surface area contributed by atoms with Crippen molar-refractivity contribution in [1.29, 1.82) is 0 Å². The summed E-state index contributed by atoms with van der Waals surface area (Å²) in [5.41, 5.74) is 6.18. The summed E-state index contributed by atoms with van der Waals surface area (Å²) in [5.74, 6) is 0.0676. The highest BCUT2D eigenvalue weighted by Gasteiger charge is 2.15. The molecule has 190 valence electrons. The average Bonchev–Trinajstić information content (AvgIpc) is 3.32. The molecule has 38 heavy (non-hydrogen) atoms. The number of anilines is 1. The number of carbonyl (C=O) groups excluding carboxylic acids is 2. The average molecular weight is 506 g/mol. The Morgan fingerprint density at radius 3 is 2.71 bits per heavy atom. The minimum absolute atomic E-state index is 0.0143. The number of nitrogens with zero attached hydrogens (tertiary/aromatic N) is 5. The van der Waals surface area contributed by atoms with Gasteiger partial charge in [-0.2, -0.15) is 5.10 Å². The van der Waals surface area contributed by atoms with E-state index in [1.54, 1.807) is 42.5 Å². The second-order valence-corrected chi connectivity index (χ2v) is 9.17. The van der Waals surface area contributed by atoms with Crippen LogP contribution >= 0.6 is 0 Å². The van der Waals surface area contributed by atoms with E-state index in [2.05, 4.69) is 26.8 Å². The van der Waals surface area contributed by atoms with E-state index in [4.69, 9.17) is 5.10 Å². The quantitative estimate of drug-likeness (QED) is 0.393. The number of hydrazone groups is 1. The van der Waals surface area contributed by atoms with Gasteiger partial charge in [-0.05, 0) is 59.7 Å². The first-order chi connectivity index (χ1) is 18.4. The van der Waals surface area contributed by atoms with Crippen molar-refractivity contribution in [3.8, 4) is 0 Å². The molecule has 2 N–H and O–H groups in total. The van der Waals surface area contributed by atoms with Gasteiger partial charge in [-0.1, -0.05) is 24.8 Å². The Bertz CT molecular complexity index is 1590. The fraction of sp³-hybridized carbons (Fsp3) is 0.138. The van der Waals surface area contributed by atoms with Crippen molar-refractivity contribution in [3.63, 3.8) is 0 Å². The van der Waals surface area contributed by atoms with Crippen molar-refractivity contribution in [3.05, 3.63) is 114 Å². The first kappa shape index (κ1) is 24.6. The number of hydrogen-bond donors (Lipinski definition) is 2. The van der Waals surface area contributed by atoms with Gasteiger partial charge in [-0.25, -0.2) is 4.98 Å². The fourth-order valence-electron chi connectivity index (χ4n) is 4.02. The number of pyridine rings is 1. The molecule has 2 amide bonds. The van der Waals surface area contributed by atoms with Gasteiger partial charge < -0.3 is 9.88 Å². The number of likely N-dealkylation sites (N-methyl/N-ethyl adjacent to an activating group) is 1. The number of nitrogens with one attached hydrogen (secondary N) is 2. The summed E-state index contributed by atoms with van der Waals surface area (Å²) >= 11 is 0. The molecule has 0 saturated heterocycles. The van der Waals surface area contributed by atoms with Crippen molar-refractivity contribution in [2.24, 2.45) is 5.10 Å². The zero-order valence-electron chi connectivity index (χ0n) is 21.2. The van der Waals surface area contributed by atoms with Crippen LogP contribution < -0.4 is 5.32 Å². The number of carbonyl (C=O) groups is 2. The van der Waals surface area contributed by atoms with Crippen molar-refractivity contribution in [1.82, 2.24) is 24.9 Å². The van der Waals surface area contributed by atoms with Crippen LogP contribution in [-0.2, 0) is 17.8 Å². The lowest BCUT2D eigenvalue weighted by atomic mass is 10.1. The maximum absolute atomic E-state index is 13.0. The Balaban J connectivity index is 1.29. The van der Waals surface area contributed by atoms with Crippen LogP contribution in [-0.4, -0.2) is 56.5 Å². The van der Waals surface area contributed by atoms with E-state index < -0.39 is 0 Å². The van der Waals surface area contributed by atoms with E-state index in [-0.39, 0.29) is 11.8 Å². The predicted molar refractivity (Wildman–Crippen MR) is 147 cm³/mol. The molecule has 1 aliphatic rings. The van der Waals surface area contributed by atoms with Crippen LogP contribution in [0.25, 0.3) is 11.0 Å². The van der Waals surface area contributed by atoms with Gasteiger partial charge >= 0.3 is 0 Å². The van der Waals surface area contributed by atoms with E-state index in [1.165, 1.54) is 0 Å². The molecule has 9 heteroatoms. The number of aromatic amines is 1. The third-order valence-electron chi connectivity index (χ3n) is 6.10. The lowest BCUT2D eigenvalue weighted by molar-refractivity contribution is -0.127. The fourth-order valence-corrected chi connectivity index (χ4v) is 4.02. The van der Waals surface area contributed by atoms with Gasteiger partial charge in [0.2, 0.25) is 11.9 Å². The molecule has 0 bridgehead atoms. The summed E-state index contributed by atoms with van der Waals surface area (Å²) in [7, 11) is 3.46. The Kier molecular flexibility index (Phi) is 6.82. The molecule has 0 atom stereocenters. The molecule has 3 heterocycles. The summed E-state index contributed by atoms with van der Waals surface area (Å²) in [6.07, 6.45) is 7.61. The Labute approximate surface area is 220 Å². The summed E-state index contributed by atoms with van der Waals surface area (Å²) in [6, 6.07) is 16.8. The van der Waals surface area contributed by atoms with Crippen molar-refractivity contribution < 1.29 is 9.59 Å². The molecule has 1 aliphatic heterocycles. The van der Waals surface area contributed by atoms with Crippen molar-refractivity contribution >= 4 is 34.5 Å². The highest BCUT2D eigenvalue weighted by Crippen LogP contribution is 2.20. The highest BCUT2D eigenvalue weighted by atomic mass is 16.2. The number of amides is 2. The number of rotatable bonds is 7. The lowest BCUT2D eigenvalue weighted by Crippen LogP contribution is -2.23. The molecule has 0 saturated carbocycles. The van der Waals surface area contributed by atoms with Gasteiger partial charge in [0, 0.05) is 37.6 Å².